The van der Waals surface area contributed by atoms with Crippen molar-refractivity contribution in [3.63, 3.8) is 0 Å². The van der Waals surface area contributed by atoms with E-state index in [0.717, 1.165) is 5.56 Å². The van der Waals surface area contributed by atoms with Crippen molar-refractivity contribution in [2.45, 2.75) is 32.7 Å². The molecule has 1 unspecified atom stereocenters. The van der Waals surface area contributed by atoms with E-state index in [2.05, 4.69) is 13.8 Å². The number of anilines is 1. The minimum absolute atomic E-state index is 0.0391. The Morgan fingerprint density at radius 1 is 0.971 bits per heavy atom. The van der Waals surface area contributed by atoms with Gasteiger partial charge in [-0.3, -0.25) is 14.5 Å². The molecule has 1 aliphatic heterocycles. The molecule has 1 aliphatic rings. The molecule has 1 saturated heterocycles. The highest BCUT2D eigenvalue weighted by atomic mass is 19.1. The van der Waals surface area contributed by atoms with E-state index in [4.69, 9.17) is 4.74 Å². The third-order valence-corrected chi connectivity index (χ3v) is 5.91. The number of halogens is 1. The van der Waals surface area contributed by atoms with Crippen LogP contribution in [0.3, 0.4) is 0 Å². The second-order valence-electron chi connectivity index (χ2n) is 8.42. The summed E-state index contributed by atoms with van der Waals surface area (Å²) in [7, 11) is 0. The predicted octanol–water partition coefficient (Wildman–Crippen LogP) is 5.97. The number of hydrogen-bond donors (Lipinski definition) is 1. The van der Waals surface area contributed by atoms with E-state index < -0.39 is 23.5 Å². The van der Waals surface area contributed by atoms with Gasteiger partial charge in [0.2, 0.25) is 0 Å². The summed E-state index contributed by atoms with van der Waals surface area (Å²) in [6.07, 6.45) is 0. The van der Waals surface area contributed by atoms with E-state index in [1.807, 2.05) is 31.2 Å². The van der Waals surface area contributed by atoms with Crippen LogP contribution in [0.25, 0.3) is 5.76 Å². The van der Waals surface area contributed by atoms with Gasteiger partial charge in [0.25, 0.3) is 11.7 Å². The van der Waals surface area contributed by atoms with Gasteiger partial charge in [0.05, 0.1) is 18.2 Å². The molecule has 34 heavy (non-hydrogen) atoms. The zero-order valence-electron chi connectivity index (χ0n) is 19.3. The molecule has 1 N–H and O–H groups in total. The molecule has 1 atom stereocenters. The first-order chi connectivity index (χ1) is 16.3. The smallest absolute Gasteiger partial charge is 0.300 e. The van der Waals surface area contributed by atoms with Crippen LogP contribution in [0.5, 0.6) is 5.75 Å². The highest BCUT2D eigenvalue weighted by molar-refractivity contribution is 6.51. The SMILES string of the molecule is CCOc1ccc(N2C(=O)C(=O)/C(=C(\O)c3ccc(F)cc3)C2c2ccc(C(C)C)cc2)cc1. The fraction of sp³-hybridized carbons (Fsp3) is 0.214. The van der Waals surface area contributed by atoms with Crippen LogP contribution in [-0.2, 0) is 9.59 Å². The summed E-state index contributed by atoms with van der Waals surface area (Å²) in [6.45, 7) is 6.54. The number of amides is 1. The van der Waals surface area contributed by atoms with Gasteiger partial charge in [-0.2, -0.15) is 0 Å². The van der Waals surface area contributed by atoms with Crippen LogP contribution in [0.2, 0.25) is 0 Å². The van der Waals surface area contributed by atoms with Crippen LogP contribution in [0.1, 0.15) is 49.4 Å². The van der Waals surface area contributed by atoms with E-state index in [1.54, 1.807) is 24.3 Å². The number of nitrogens with zero attached hydrogens (tertiary/aromatic N) is 1. The van der Waals surface area contributed by atoms with Gasteiger partial charge < -0.3 is 9.84 Å². The van der Waals surface area contributed by atoms with E-state index in [0.29, 0.717) is 29.5 Å². The minimum Gasteiger partial charge on any atom is -0.507 e. The van der Waals surface area contributed by atoms with Gasteiger partial charge in [-0.05, 0) is 72.5 Å². The molecule has 0 saturated carbocycles. The first kappa shape index (κ1) is 23.2. The highest BCUT2D eigenvalue weighted by Crippen LogP contribution is 2.42. The fourth-order valence-corrected chi connectivity index (χ4v) is 4.11. The molecule has 0 radical (unpaired) electrons. The van der Waals surface area contributed by atoms with Crippen LogP contribution in [0, 0.1) is 5.82 Å². The van der Waals surface area contributed by atoms with Gasteiger partial charge in [-0.15, -0.1) is 0 Å². The Labute approximate surface area is 198 Å². The number of aliphatic hydroxyl groups excluding tert-OH is 1. The summed E-state index contributed by atoms with van der Waals surface area (Å²) in [5, 5.41) is 11.1. The summed E-state index contributed by atoms with van der Waals surface area (Å²) in [6, 6.07) is 18.9. The summed E-state index contributed by atoms with van der Waals surface area (Å²) in [5.74, 6) is -1.39. The highest BCUT2D eigenvalue weighted by Gasteiger charge is 2.47. The lowest BCUT2D eigenvalue weighted by Crippen LogP contribution is -2.29. The Morgan fingerprint density at radius 2 is 1.59 bits per heavy atom. The molecule has 1 fully saturated rings. The number of carbonyl (C=O) groups is 2. The second kappa shape index (κ2) is 9.51. The molecular weight excluding hydrogens is 433 g/mol. The molecule has 1 amide bonds. The standard InChI is InChI=1S/C28H26FNO4/c1-4-34-23-15-13-22(14-16-23)30-25(19-7-5-18(6-8-19)17(2)3)24(27(32)28(30)33)26(31)20-9-11-21(29)12-10-20/h5-17,25,31H,4H2,1-3H3/b26-24-. The molecule has 3 aromatic carbocycles. The predicted molar refractivity (Wildman–Crippen MR) is 129 cm³/mol. The molecule has 5 nitrogen and oxygen atoms in total. The number of carbonyl (C=O) groups excluding carboxylic acids is 2. The number of aliphatic hydroxyl groups is 1. The second-order valence-corrected chi connectivity index (χ2v) is 8.42. The Morgan fingerprint density at radius 3 is 2.15 bits per heavy atom. The van der Waals surface area contributed by atoms with Crippen molar-refractivity contribution in [3.8, 4) is 5.75 Å². The molecule has 0 aromatic heterocycles. The fourth-order valence-electron chi connectivity index (χ4n) is 4.11. The first-order valence-electron chi connectivity index (χ1n) is 11.2. The third kappa shape index (κ3) is 4.31. The normalized spacial score (nSPS) is 17.4. The topological polar surface area (TPSA) is 66.8 Å². The molecule has 6 heteroatoms. The maximum absolute atomic E-state index is 13.4. The lowest BCUT2D eigenvalue weighted by atomic mass is 9.93. The van der Waals surface area contributed by atoms with E-state index in [9.17, 15) is 19.1 Å². The van der Waals surface area contributed by atoms with Crippen molar-refractivity contribution in [1.29, 1.82) is 0 Å². The molecule has 0 aliphatic carbocycles. The molecule has 0 spiro atoms. The van der Waals surface area contributed by atoms with Crippen molar-refractivity contribution in [2.75, 3.05) is 11.5 Å². The van der Waals surface area contributed by atoms with Gasteiger partial charge in [0.15, 0.2) is 0 Å². The molecule has 1 heterocycles. The lowest BCUT2D eigenvalue weighted by Gasteiger charge is -2.26. The average Bonchev–Trinajstić information content (AvgIpc) is 3.10. The summed E-state index contributed by atoms with van der Waals surface area (Å²) in [5.41, 5.74) is 2.51. The number of benzene rings is 3. The van der Waals surface area contributed by atoms with Gasteiger partial charge in [-0.25, -0.2) is 4.39 Å². The van der Waals surface area contributed by atoms with Crippen molar-refractivity contribution >= 4 is 23.1 Å². The minimum atomic E-state index is -0.843. The van der Waals surface area contributed by atoms with E-state index in [-0.39, 0.29) is 16.9 Å². The van der Waals surface area contributed by atoms with Crippen molar-refractivity contribution < 1.29 is 23.8 Å². The number of rotatable bonds is 6. The lowest BCUT2D eigenvalue weighted by molar-refractivity contribution is -0.132. The van der Waals surface area contributed by atoms with Crippen molar-refractivity contribution in [2.24, 2.45) is 0 Å². The Kier molecular flexibility index (Phi) is 6.50. The number of ketones is 1. The van der Waals surface area contributed by atoms with Gasteiger partial charge in [-0.1, -0.05) is 38.1 Å². The Bertz CT molecular complexity index is 1230. The van der Waals surface area contributed by atoms with Gasteiger partial charge in [0.1, 0.15) is 17.3 Å². The monoisotopic (exact) mass is 459 g/mol. The van der Waals surface area contributed by atoms with Crippen LogP contribution < -0.4 is 9.64 Å². The molecule has 3 aromatic rings. The summed E-state index contributed by atoms with van der Waals surface area (Å²) >= 11 is 0. The maximum Gasteiger partial charge on any atom is 0.300 e. The van der Waals surface area contributed by atoms with Crippen LogP contribution in [0.15, 0.2) is 78.4 Å². The maximum atomic E-state index is 13.4. The van der Waals surface area contributed by atoms with Crippen molar-refractivity contribution in [3.05, 3.63) is 101 Å². The first-order valence-corrected chi connectivity index (χ1v) is 11.2. The van der Waals surface area contributed by atoms with Crippen LogP contribution in [0.4, 0.5) is 10.1 Å². The Balaban J connectivity index is 1.87. The van der Waals surface area contributed by atoms with E-state index >= 15 is 0 Å². The number of Topliss-reactive ketones (excluding diaryl/α,β-unsaturated/α-hetero) is 1. The zero-order valence-corrected chi connectivity index (χ0v) is 19.3. The third-order valence-electron chi connectivity index (χ3n) is 5.91. The molecule has 0 bridgehead atoms. The Hall–Kier alpha value is -3.93. The molecule has 4 rings (SSSR count). The van der Waals surface area contributed by atoms with Gasteiger partial charge in [0, 0.05) is 11.3 Å². The van der Waals surface area contributed by atoms with Crippen LogP contribution in [-0.4, -0.2) is 23.4 Å². The van der Waals surface area contributed by atoms with Gasteiger partial charge >= 0.3 is 0 Å². The molecule has 174 valence electrons. The quantitative estimate of drug-likeness (QED) is 0.280. The van der Waals surface area contributed by atoms with E-state index in [1.165, 1.54) is 29.2 Å². The van der Waals surface area contributed by atoms with Crippen LogP contribution >= 0.6 is 0 Å². The van der Waals surface area contributed by atoms with Crippen molar-refractivity contribution in [1.82, 2.24) is 0 Å². The zero-order chi connectivity index (χ0) is 24.4. The molecular formula is C28H26FNO4. The number of hydrogen-bond acceptors (Lipinski definition) is 4. The summed E-state index contributed by atoms with van der Waals surface area (Å²) in [4.78, 5) is 27.8. The number of ether oxygens (including phenoxy) is 1. The largest absolute Gasteiger partial charge is 0.507 e. The average molecular weight is 460 g/mol. The summed E-state index contributed by atoms with van der Waals surface area (Å²) < 4.78 is 18.9.